The second-order valence-corrected chi connectivity index (χ2v) is 5.78. The van der Waals surface area contributed by atoms with Crippen molar-refractivity contribution in [1.82, 2.24) is 5.32 Å². The maximum absolute atomic E-state index is 5.65. The zero-order valence-electron chi connectivity index (χ0n) is 13.4. The Hall–Kier alpha value is -0.800. The molecule has 0 unspecified atom stereocenters. The van der Waals surface area contributed by atoms with Crippen LogP contribution in [0.1, 0.15) is 70.6 Å². The fourth-order valence-electron chi connectivity index (χ4n) is 2.07. The van der Waals surface area contributed by atoms with Gasteiger partial charge in [0.1, 0.15) is 12.4 Å². The van der Waals surface area contributed by atoms with E-state index in [4.69, 9.17) is 9.15 Å². The molecular weight excluding hydrogens is 250 g/mol. The minimum Gasteiger partial charge on any atom is -0.467 e. The third-order valence-electron chi connectivity index (χ3n) is 3.31. The molecule has 0 aromatic carbocycles. The van der Waals surface area contributed by atoms with Gasteiger partial charge < -0.3 is 14.5 Å². The highest BCUT2D eigenvalue weighted by molar-refractivity contribution is 5.12. The van der Waals surface area contributed by atoms with Crippen LogP contribution in [0.15, 0.2) is 16.7 Å². The van der Waals surface area contributed by atoms with Crippen molar-refractivity contribution in [2.45, 2.75) is 78.5 Å². The number of rotatable bonds is 12. The first-order valence-corrected chi connectivity index (χ1v) is 8.09. The van der Waals surface area contributed by atoms with Crippen molar-refractivity contribution in [2.24, 2.45) is 0 Å². The summed E-state index contributed by atoms with van der Waals surface area (Å²) in [5.41, 5.74) is 1.19. The number of unbranched alkanes of at least 4 members (excludes halogenated alkanes) is 5. The molecule has 20 heavy (non-hydrogen) atoms. The maximum Gasteiger partial charge on any atom is 0.129 e. The number of nitrogens with one attached hydrogen (secondary N) is 1. The molecule has 1 N–H and O–H groups in total. The Morgan fingerprint density at radius 3 is 2.65 bits per heavy atom. The monoisotopic (exact) mass is 281 g/mol. The van der Waals surface area contributed by atoms with Gasteiger partial charge >= 0.3 is 0 Å². The van der Waals surface area contributed by atoms with Crippen LogP contribution < -0.4 is 5.32 Å². The Morgan fingerprint density at radius 2 is 1.90 bits per heavy atom. The molecule has 0 saturated carbocycles. The van der Waals surface area contributed by atoms with Gasteiger partial charge in [0.25, 0.3) is 0 Å². The molecule has 1 aromatic heterocycles. The van der Waals surface area contributed by atoms with Crippen molar-refractivity contribution in [3.8, 4) is 0 Å². The van der Waals surface area contributed by atoms with Crippen molar-refractivity contribution >= 4 is 0 Å². The topological polar surface area (TPSA) is 34.4 Å². The molecule has 0 spiro atoms. The second-order valence-electron chi connectivity index (χ2n) is 5.78. The average Bonchev–Trinajstić information content (AvgIpc) is 2.87. The Kier molecular flexibility index (Phi) is 9.42. The summed E-state index contributed by atoms with van der Waals surface area (Å²) in [6.45, 7) is 8.83. The zero-order valence-corrected chi connectivity index (χ0v) is 13.4. The van der Waals surface area contributed by atoms with Crippen molar-refractivity contribution in [3.05, 3.63) is 23.7 Å². The van der Waals surface area contributed by atoms with E-state index in [-0.39, 0.29) is 0 Å². The van der Waals surface area contributed by atoms with Gasteiger partial charge in [-0.3, -0.25) is 0 Å². The highest BCUT2D eigenvalue weighted by Crippen LogP contribution is 2.10. The molecule has 0 radical (unpaired) electrons. The van der Waals surface area contributed by atoms with Crippen LogP contribution in [0.25, 0.3) is 0 Å². The fourth-order valence-corrected chi connectivity index (χ4v) is 2.07. The molecule has 3 heteroatoms. The average molecular weight is 281 g/mol. The lowest BCUT2D eigenvalue weighted by atomic mass is 10.1. The zero-order chi connectivity index (χ0) is 14.6. The van der Waals surface area contributed by atoms with E-state index in [1.165, 1.54) is 37.7 Å². The second kappa shape index (κ2) is 10.9. The number of hydrogen-bond acceptors (Lipinski definition) is 3. The van der Waals surface area contributed by atoms with E-state index in [2.05, 4.69) is 32.2 Å². The van der Waals surface area contributed by atoms with Gasteiger partial charge in [-0.2, -0.15) is 0 Å². The van der Waals surface area contributed by atoms with Crippen molar-refractivity contribution in [3.63, 3.8) is 0 Å². The quantitative estimate of drug-likeness (QED) is 0.566. The van der Waals surface area contributed by atoms with Gasteiger partial charge in [0.05, 0.1) is 6.26 Å². The first-order chi connectivity index (χ1) is 9.72. The van der Waals surface area contributed by atoms with E-state index in [9.17, 15) is 0 Å². The predicted octanol–water partition coefficient (Wildman–Crippen LogP) is 4.65. The first kappa shape index (κ1) is 17.3. The highest BCUT2D eigenvalue weighted by Gasteiger charge is 2.02. The smallest absolute Gasteiger partial charge is 0.129 e. The Morgan fingerprint density at radius 1 is 1.15 bits per heavy atom. The molecule has 0 aliphatic carbocycles. The van der Waals surface area contributed by atoms with Crippen LogP contribution in [-0.4, -0.2) is 12.6 Å². The van der Waals surface area contributed by atoms with Crippen LogP contribution in [-0.2, 0) is 17.9 Å². The van der Waals surface area contributed by atoms with E-state index in [1.807, 2.05) is 6.26 Å². The van der Waals surface area contributed by atoms with Crippen LogP contribution in [0.5, 0.6) is 0 Å². The normalized spacial score (nSPS) is 11.4. The van der Waals surface area contributed by atoms with Crippen molar-refractivity contribution in [1.29, 1.82) is 0 Å². The number of ether oxygens (including phenoxy) is 1. The van der Waals surface area contributed by atoms with E-state index >= 15 is 0 Å². The van der Waals surface area contributed by atoms with Gasteiger partial charge in [0.2, 0.25) is 0 Å². The minimum atomic E-state index is 0.498. The summed E-state index contributed by atoms with van der Waals surface area (Å²) < 4.78 is 11.1. The largest absolute Gasteiger partial charge is 0.467 e. The maximum atomic E-state index is 5.65. The van der Waals surface area contributed by atoms with E-state index in [0.29, 0.717) is 12.6 Å². The molecule has 116 valence electrons. The van der Waals surface area contributed by atoms with E-state index < -0.39 is 0 Å². The van der Waals surface area contributed by atoms with Crippen molar-refractivity contribution < 1.29 is 9.15 Å². The molecule has 1 aromatic rings. The molecule has 0 fully saturated rings. The summed E-state index contributed by atoms with van der Waals surface area (Å²) in [4.78, 5) is 0. The molecule has 1 rings (SSSR count). The van der Waals surface area contributed by atoms with Crippen LogP contribution in [0.3, 0.4) is 0 Å². The standard InChI is InChI=1S/C17H31NO2/c1-4-5-6-7-8-9-10-19-14-17-11-16(13-20-17)12-18-15(2)3/h11,13,15,18H,4-10,12,14H2,1-3H3. The van der Waals surface area contributed by atoms with Gasteiger partial charge in [-0.1, -0.05) is 52.9 Å². The molecular formula is C17H31NO2. The summed E-state index contributed by atoms with van der Waals surface area (Å²) in [5, 5.41) is 3.37. The summed E-state index contributed by atoms with van der Waals surface area (Å²) in [5.74, 6) is 0.927. The van der Waals surface area contributed by atoms with Crippen LogP contribution in [0.2, 0.25) is 0 Å². The molecule has 0 amide bonds. The summed E-state index contributed by atoms with van der Waals surface area (Å²) in [7, 11) is 0. The fraction of sp³-hybridized carbons (Fsp3) is 0.765. The molecule has 3 nitrogen and oxygen atoms in total. The SMILES string of the molecule is CCCCCCCCOCc1cc(CNC(C)C)co1. The van der Waals surface area contributed by atoms with Gasteiger partial charge in [-0.15, -0.1) is 0 Å². The lowest BCUT2D eigenvalue weighted by Gasteiger charge is -2.04. The Labute approximate surface area is 124 Å². The lowest BCUT2D eigenvalue weighted by Crippen LogP contribution is -2.21. The summed E-state index contributed by atoms with van der Waals surface area (Å²) in [6, 6.07) is 2.58. The van der Waals surface area contributed by atoms with Gasteiger partial charge in [-0.05, 0) is 12.5 Å². The summed E-state index contributed by atoms with van der Waals surface area (Å²) >= 11 is 0. The minimum absolute atomic E-state index is 0.498. The third kappa shape index (κ3) is 8.39. The first-order valence-electron chi connectivity index (χ1n) is 8.09. The Bertz CT molecular complexity index is 333. The van der Waals surface area contributed by atoms with Crippen LogP contribution >= 0.6 is 0 Å². The number of hydrogen-bond donors (Lipinski definition) is 1. The van der Waals surface area contributed by atoms with Crippen molar-refractivity contribution in [2.75, 3.05) is 6.61 Å². The van der Waals surface area contributed by atoms with Gasteiger partial charge in [0, 0.05) is 24.8 Å². The molecule has 0 aliphatic heterocycles. The molecule has 0 saturated heterocycles. The third-order valence-corrected chi connectivity index (χ3v) is 3.31. The number of furan rings is 1. The molecule has 0 atom stereocenters. The van der Waals surface area contributed by atoms with E-state index in [0.717, 1.165) is 25.3 Å². The van der Waals surface area contributed by atoms with Crippen LogP contribution in [0.4, 0.5) is 0 Å². The van der Waals surface area contributed by atoms with Crippen LogP contribution in [0, 0.1) is 0 Å². The highest BCUT2D eigenvalue weighted by atomic mass is 16.5. The summed E-state index contributed by atoms with van der Waals surface area (Å²) in [6.07, 6.45) is 9.63. The molecule has 1 heterocycles. The van der Waals surface area contributed by atoms with E-state index in [1.54, 1.807) is 0 Å². The Balaban J connectivity index is 2.01. The van der Waals surface area contributed by atoms with Gasteiger partial charge in [-0.25, -0.2) is 0 Å². The predicted molar refractivity (Wildman–Crippen MR) is 83.7 cm³/mol. The molecule has 0 bridgehead atoms. The van der Waals surface area contributed by atoms with Gasteiger partial charge in [0.15, 0.2) is 0 Å². The molecule has 0 aliphatic rings. The lowest BCUT2D eigenvalue weighted by molar-refractivity contribution is 0.102.